The third-order valence-corrected chi connectivity index (χ3v) is 6.74. The van der Waals surface area contributed by atoms with E-state index in [0.29, 0.717) is 11.1 Å². The number of nitrogens with one attached hydrogen (secondary N) is 4. The van der Waals surface area contributed by atoms with E-state index < -0.39 is 27.9 Å². The molecule has 2 amide bonds. The third kappa shape index (κ3) is 9.77. The van der Waals surface area contributed by atoms with Crippen LogP contribution in [0.15, 0.2) is 84.9 Å². The molecule has 1 atom stereocenters. The fraction of sp³-hybridized carbons (Fsp3) is 0.222. The number of hydrogen-bond acceptors (Lipinski definition) is 6. The second kappa shape index (κ2) is 14.0. The van der Waals surface area contributed by atoms with Crippen LogP contribution in [0.3, 0.4) is 0 Å². The lowest BCUT2D eigenvalue weighted by atomic mass is 10.1. The molecule has 200 valence electrons. The van der Waals surface area contributed by atoms with Crippen LogP contribution in [-0.2, 0) is 43.3 Å². The standard InChI is InChI=1S/C27H31N5O5S/c28-26(29)23-13-7-12-22(14-23)15-30-25(33)16-31-27(34)24(18-37-17-20-8-3-1-4-9-20)32-38(35,36)19-21-10-5-2-6-11-21/h1-14,24,32H,15-19H2,(H3,28,29)(H,30,33)(H,31,34)/t24-/m1/s1. The monoisotopic (exact) mass is 537 g/mol. The summed E-state index contributed by atoms with van der Waals surface area (Å²) in [5.74, 6) is -1.55. The van der Waals surface area contributed by atoms with Crippen LogP contribution in [0.2, 0.25) is 0 Å². The first kappa shape index (κ1) is 28.5. The highest BCUT2D eigenvalue weighted by Crippen LogP contribution is 2.07. The molecule has 0 bridgehead atoms. The molecule has 38 heavy (non-hydrogen) atoms. The van der Waals surface area contributed by atoms with Gasteiger partial charge >= 0.3 is 0 Å². The molecule has 3 aromatic carbocycles. The van der Waals surface area contributed by atoms with Gasteiger partial charge in [-0.05, 0) is 22.8 Å². The molecule has 0 aliphatic carbocycles. The van der Waals surface area contributed by atoms with Crippen LogP contribution in [-0.4, -0.2) is 45.3 Å². The Morgan fingerprint density at radius 3 is 2.16 bits per heavy atom. The Morgan fingerprint density at radius 1 is 0.868 bits per heavy atom. The number of amides is 2. The minimum Gasteiger partial charge on any atom is -0.384 e. The van der Waals surface area contributed by atoms with Crippen LogP contribution in [0.25, 0.3) is 0 Å². The van der Waals surface area contributed by atoms with Gasteiger partial charge in [0.25, 0.3) is 0 Å². The van der Waals surface area contributed by atoms with E-state index in [9.17, 15) is 18.0 Å². The molecule has 3 aromatic rings. The molecule has 0 aliphatic heterocycles. The number of rotatable bonds is 14. The summed E-state index contributed by atoms with van der Waals surface area (Å²) >= 11 is 0. The van der Waals surface area contributed by atoms with Gasteiger partial charge in [-0.2, -0.15) is 0 Å². The molecule has 3 rings (SSSR count). The number of amidine groups is 1. The topological polar surface area (TPSA) is 163 Å². The van der Waals surface area contributed by atoms with Crippen LogP contribution in [0.4, 0.5) is 0 Å². The largest absolute Gasteiger partial charge is 0.384 e. The second-order valence-electron chi connectivity index (χ2n) is 8.52. The lowest BCUT2D eigenvalue weighted by molar-refractivity contribution is -0.128. The molecule has 0 saturated carbocycles. The number of hydrogen-bond donors (Lipinski definition) is 5. The van der Waals surface area contributed by atoms with Crippen molar-refractivity contribution in [3.63, 3.8) is 0 Å². The van der Waals surface area contributed by atoms with Crippen LogP contribution in [0.1, 0.15) is 22.3 Å². The number of carbonyl (C=O) groups is 2. The zero-order chi connectivity index (χ0) is 27.4. The summed E-state index contributed by atoms with van der Waals surface area (Å²) in [5, 5.41) is 12.6. The first-order valence-electron chi connectivity index (χ1n) is 11.9. The third-order valence-electron chi connectivity index (χ3n) is 5.38. The summed E-state index contributed by atoms with van der Waals surface area (Å²) in [4.78, 5) is 25.2. The van der Waals surface area contributed by atoms with E-state index in [2.05, 4.69) is 15.4 Å². The molecular weight excluding hydrogens is 506 g/mol. The van der Waals surface area contributed by atoms with Gasteiger partial charge in [0.2, 0.25) is 21.8 Å². The van der Waals surface area contributed by atoms with Crippen LogP contribution in [0, 0.1) is 5.41 Å². The van der Waals surface area contributed by atoms with E-state index in [1.807, 2.05) is 30.3 Å². The van der Waals surface area contributed by atoms with Gasteiger partial charge in [-0.3, -0.25) is 15.0 Å². The minimum atomic E-state index is -3.89. The van der Waals surface area contributed by atoms with Crippen LogP contribution in [0.5, 0.6) is 0 Å². The highest BCUT2D eigenvalue weighted by molar-refractivity contribution is 7.88. The van der Waals surface area contributed by atoms with Gasteiger partial charge in [-0.25, -0.2) is 13.1 Å². The molecule has 0 heterocycles. The van der Waals surface area contributed by atoms with Crippen molar-refractivity contribution in [2.45, 2.75) is 24.9 Å². The summed E-state index contributed by atoms with van der Waals surface area (Å²) in [6.45, 7) is -0.233. The van der Waals surface area contributed by atoms with Crippen molar-refractivity contribution < 1.29 is 22.7 Å². The molecule has 0 fully saturated rings. The Hall–Kier alpha value is -4.06. The van der Waals surface area contributed by atoms with E-state index in [-0.39, 0.29) is 37.9 Å². The number of nitrogens with two attached hydrogens (primary N) is 1. The predicted octanol–water partition coefficient (Wildman–Crippen LogP) is 1.41. The molecule has 0 radical (unpaired) electrons. The zero-order valence-corrected chi connectivity index (χ0v) is 21.5. The Bertz CT molecular complexity index is 1330. The predicted molar refractivity (Wildman–Crippen MR) is 144 cm³/mol. The van der Waals surface area contributed by atoms with E-state index in [1.165, 1.54) is 0 Å². The van der Waals surface area contributed by atoms with Crippen molar-refractivity contribution >= 4 is 27.7 Å². The lowest BCUT2D eigenvalue weighted by Gasteiger charge is -2.19. The van der Waals surface area contributed by atoms with Gasteiger partial charge in [0.1, 0.15) is 11.9 Å². The summed E-state index contributed by atoms with van der Waals surface area (Å²) in [5.41, 5.74) is 8.19. The van der Waals surface area contributed by atoms with E-state index in [0.717, 1.165) is 11.1 Å². The van der Waals surface area contributed by atoms with E-state index in [4.69, 9.17) is 15.9 Å². The van der Waals surface area contributed by atoms with Gasteiger partial charge < -0.3 is 21.1 Å². The molecular formula is C27H31N5O5S. The average molecular weight is 538 g/mol. The zero-order valence-electron chi connectivity index (χ0n) is 20.7. The Morgan fingerprint density at radius 2 is 1.50 bits per heavy atom. The minimum absolute atomic E-state index is 0.0827. The van der Waals surface area contributed by atoms with Crippen molar-refractivity contribution in [1.29, 1.82) is 5.41 Å². The number of nitrogen functional groups attached to an aromatic ring is 1. The Labute approximate surface area is 222 Å². The Kier molecular flexibility index (Phi) is 10.5. The summed E-state index contributed by atoms with van der Waals surface area (Å²) in [6.07, 6.45) is 0. The number of carbonyl (C=O) groups excluding carboxylic acids is 2. The molecule has 0 aromatic heterocycles. The maximum Gasteiger partial charge on any atom is 0.240 e. The van der Waals surface area contributed by atoms with Crippen molar-refractivity contribution in [3.8, 4) is 0 Å². The maximum absolute atomic E-state index is 12.9. The van der Waals surface area contributed by atoms with Gasteiger partial charge in [-0.1, -0.05) is 78.9 Å². The van der Waals surface area contributed by atoms with Crippen molar-refractivity contribution in [1.82, 2.24) is 15.4 Å². The SMILES string of the molecule is N=C(N)c1cccc(CNC(=O)CNC(=O)[C@@H](COCc2ccccc2)NS(=O)(=O)Cc2ccccc2)c1. The van der Waals surface area contributed by atoms with Gasteiger partial charge in [0.15, 0.2) is 0 Å². The molecule has 0 aliphatic rings. The van der Waals surface area contributed by atoms with Crippen molar-refractivity contribution in [2.24, 2.45) is 5.73 Å². The summed E-state index contributed by atoms with van der Waals surface area (Å²) in [6, 6.07) is 23.5. The second-order valence-corrected chi connectivity index (χ2v) is 10.3. The molecule has 10 nitrogen and oxygen atoms in total. The number of ether oxygens (including phenoxy) is 1. The van der Waals surface area contributed by atoms with Gasteiger partial charge in [0.05, 0.1) is 25.5 Å². The van der Waals surface area contributed by atoms with Crippen LogP contribution < -0.4 is 21.1 Å². The lowest BCUT2D eigenvalue weighted by Crippen LogP contribution is -2.51. The van der Waals surface area contributed by atoms with Crippen molar-refractivity contribution in [3.05, 3.63) is 107 Å². The number of sulfonamides is 1. The summed E-state index contributed by atoms with van der Waals surface area (Å²) < 4.78 is 33.6. The van der Waals surface area contributed by atoms with Gasteiger partial charge in [0, 0.05) is 12.1 Å². The maximum atomic E-state index is 12.9. The average Bonchev–Trinajstić information content (AvgIpc) is 2.91. The highest BCUT2D eigenvalue weighted by Gasteiger charge is 2.25. The van der Waals surface area contributed by atoms with Crippen LogP contribution >= 0.6 is 0 Å². The highest BCUT2D eigenvalue weighted by atomic mass is 32.2. The first-order chi connectivity index (χ1) is 18.2. The van der Waals surface area contributed by atoms with Gasteiger partial charge in [-0.15, -0.1) is 0 Å². The normalized spacial score (nSPS) is 11.9. The molecule has 0 spiro atoms. The molecule has 0 saturated heterocycles. The smallest absolute Gasteiger partial charge is 0.240 e. The molecule has 11 heteroatoms. The fourth-order valence-electron chi connectivity index (χ4n) is 3.49. The first-order valence-corrected chi connectivity index (χ1v) is 13.5. The quantitative estimate of drug-likeness (QED) is 0.154. The Balaban J connectivity index is 1.57. The molecule has 6 N–H and O–H groups in total. The molecule has 0 unspecified atom stereocenters. The van der Waals surface area contributed by atoms with Crippen molar-refractivity contribution in [2.75, 3.05) is 13.2 Å². The number of benzene rings is 3. The fourth-order valence-corrected chi connectivity index (χ4v) is 4.81. The van der Waals surface area contributed by atoms with E-state index >= 15 is 0 Å². The summed E-state index contributed by atoms with van der Waals surface area (Å²) in [7, 11) is -3.89. The van der Waals surface area contributed by atoms with E-state index in [1.54, 1.807) is 54.6 Å².